The van der Waals surface area contributed by atoms with E-state index in [1.807, 2.05) is 10.6 Å². The molecule has 0 spiro atoms. The third-order valence-corrected chi connectivity index (χ3v) is 7.26. The van der Waals surface area contributed by atoms with E-state index < -0.39 is 6.04 Å². The summed E-state index contributed by atoms with van der Waals surface area (Å²) in [5.41, 5.74) is 7.49. The lowest BCUT2D eigenvalue weighted by Gasteiger charge is -2.27. The Hall–Kier alpha value is -3.24. The summed E-state index contributed by atoms with van der Waals surface area (Å²) in [6.45, 7) is 0.0280. The van der Waals surface area contributed by atoms with Crippen molar-refractivity contribution >= 4 is 72.9 Å². The van der Waals surface area contributed by atoms with Gasteiger partial charge in [0, 0.05) is 16.5 Å². The first-order valence-corrected chi connectivity index (χ1v) is 12.0. The Morgan fingerprint density at radius 3 is 2.88 bits per heavy atom. The topological polar surface area (TPSA) is 119 Å². The van der Waals surface area contributed by atoms with Crippen molar-refractivity contribution in [2.24, 2.45) is 5.92 Å². The number of halogens is 2. The van der Waals surface area contributed by atoms with E-state index in [-0.39, 0.29) is 24.4 Å². The number of piperidine rings is 1. The van der Waals surface area contributed by atoms with E-state index >= 15 is 0 Å². The zero-order chi connectivity index (χ0) is 23.6. The van der Waals surface area contributed by atoms with Crippen molar-refractivity contribution in [1.82, 2.24) is 24.4 Å². The molecule has 4 heterocycles. The van der Waals surface area contributed by atoms with Crippen molar-refractivity contribution in [2.75, 3.05) is 11.1 Å². The number of carbonyl (C=O) groups excluding carboxylic acids is 2. The van der Waals surface area contributed by atoms with Crippen LogP contribution in [0, 0.1) is 5.92 Å². The Morgan fingerprint density at radius 2 is 2.06 bits per heavy atom. The second kappa shape index (κ2) is 7.92. The maximum atomic E-state index is 13.6. The smallest absolute Gasteiger partial charge is 0.248 e. The fraction of sp³-hybridized carbons (Fsp3) is 0.261. The average molecular weight is 541 g/mol. The number of pyridine rings is 1. The number of benzene rings is 1. The highest BCUT2D eigenvalue weighted by molar-refractivity contribution is 9.10. The van der Waals surface area contributed by atoms with E-state index in [1.54, 1.807) is 35.2 Å². The molecule has 3 N–H and O–H groups in total. The normalized spacial score (nSPS) is 21.1. The number of likely N-dealkylation sites (tertiary alicyclic amines) is 1. The van der Waals surface area contributed by atoms with Gasteiger partial charge in [0.1, 0.15) is 40.8 Å². The third kappa shape index (κ3) is 3.48. The van der Waals surface area contributed by atoms with Gasteiger partial charge in [0.25, 0.3) is 0 Å². The van der Waals surface area contributed by atoms with Crippen molar-refractivity contribution < 1.29 is 9.59 Å². The number of nitrogens with one attached hydrogen (secondary N) is 1. The fourth-order valence-electron chi connectivity index (χ4n) is 5.02. The molecule has 1 saturated carbocycles. The van der Waals surface area contributed by atoms with E-state index in [9.17, 15) is 9.59 Å². The first kappa shape index (κ1) is 21.3. The number of aromatic nitrogens is 4. The molecule has 1 aliphatic carbocycles. The minimum absolute atomic E-state index is 0.0280. The van der Waals surface area contributed by atoms with E-state index in [4.69, 9.17) is 17.3 Å². The lowest BCUT2D eigenvalue weighted by Crippen LogP contribution is -2.46. The molecule has 0 unspecified atom stereocenters. The van der Waals surface area contributed by atoms with Gasteiger partial charge in [-0.2, -0.15) is 0 Å². The third-order valence-electron chi connectivity index (χ3n) is 6.59. The number of hydrogen-bond donors (Lipinski definition) is 2. The molecular formula is C23H19BrClN7O2. The molecule has 4 aromatic rings. The molecule has 9 nitrogen and oxygen atoms in total. The molecular weight excluding hydrogens is 522 g/mol. The van der Waals surface area contributed by atoms with Crippen molar-refractivity contribution in [3.8, 4) is 0 Å². The minimum Gasteiger partial charge on any atom is -0.383 e. The molecule has 172 valence electrons. The van der Waals surface area contributed by atoms with Crippen molar-refractivity contribution in [3.05, 3.63) is 52.4 Å². The standard InChI is InChI=1S/C23H19BrClN7O2/c24-17-2-1-3-18(29-17)30-23(34)16-7-11-6-15(11)32(16)19(33)9-31-14-5-4-12(25)8-13(14)20-21(26)27-10-28-22(20)31/h1-5,8,10-11,15-16H,6-7,9H2,(H2,26,27,28)(H,29,30,34)/t11-,15-,16+/m1/s1. The van der Waals surface area contributed by atoms with E-state index in [1.165, 1.54) is 6.33 Å². The quantitative estimate of drug-likeness (QED) is 0.382. The van der Waals surface area contributed by atoms with Gasteiger partial charge in [0.15, 0.2) is 0 Å². The van der Waals surface area contributed by atoms with Crippen LogP contribution in [0.1, 0.15) is 12.8 Å². The van der Waals surface area contributed by atoms with Crippen LogP contribution in [0.15, 0.2) is 47.3 Å². The summed E-state index contributed by atoms with van der Waals surface area (Å²) in [5.74, 6) is 0.750. The van der Waals surface area contributed by atoms with Crippen LogP contribution in [0.3, 0.4) is 0 Å². The van der Waals surface area contributed by atoms with E-state index in [0.29, 0.717) is 44.6 Å². The maximum absolute atomic E-state index is 13.6. The first-order chi connectivity index (χ1) is 16.4. The highest BCUT2D eigenvalue weighted by atomic mass is 79.9. The molecule has 2 fully saturated rings. The van der Waals surface area contributed by atoms with Crippen LogP contribution in [0.5, 0.6) is 0 Å². The Bertz CT molecular complexity index is 1490. The van der Waals surface area contributed by atoms with Crippen LogP contribution in [0.2, 0.25) is 5.02 Å². The summed E-state index contributed by atoms with van der Waals surface area (Å²) < 4.78 is 2.45. The first-order valence-electron chi connectivity index (χ1n) is 10.8. The number of hydrogen-bond acceptors (Lipinski definition) is 6. The molecule has 1 saturated heterocycles. The Balaban J connectivity index is 1.32. The molecule has 6 rings (SSSR count). The van der Waals surface area contributed by atoms with Gasteiger partial charge in [0.2, 0.25) is 11.8 Å². The van der Waals surface area contributed by atoms with Gasteiger partial charge in [-0.1, -0.05) is 17.7 Å². The molecule has 11 heteroatoms. The lowest BCUT2D eigenvalue weighted by molar-refractivity contribution is -0.138. The molecule has 3 atom stereocenters. The molecule has 2 aliphatic rings. The number of nitrogens with two attached hydrogens (primary N) is 1. The zero-order valence-electron chi connectivity index (χ0n) is 17.8. The molecule has 0 bridgehead atoms. The van der Waals surface area contributed by atoms with Crippen LogP contribution in [-0.4, -0.2) is 48.3 Å². The highest BCUT2D eigenvalue weighted by Crippen LogP contribution is 2.48. The second-order valence-electron chi connectivity index (χ2n) is 8.66. The van der Waals surface area contributed by atoms with Crippen molar-refractivity contribution in [1.29, 1.82) is 0 Å². The molecule has 1 aromatic carbocycles. The Morgan fingerprint density at radius 1 is 1.21 bits per heavy atom. The maximum Gasteiger partial charge on any atom is 0.248 e. The average Bonchev–Trinajstić information content (AvgIpc) is 3.35. The summed E-state index contributed by atoms with van der Waals surface area (Å²) in [7, 11) is 0. The second-order valence-corrected chi connectivity index (χ2v) is 9.90. The molecule has 2 amide bonds. The van der Waals surface area contributed by atoms with Gasteiger partial charge in [-0.05, 0) is 65.0 Å². The van der Waals surface area contributed by atoms with Crippen LogP contribution < -0.4 is 11.1 Å². The van der Waals surface area contributed by atoms with Gasteiger partial charge < -0.3 is 20.5 Å². The Kier molecular flexibility index (Phi) is 4.96. The number of nitrogens with zero attached hydrogens (tertiary/aromatic N) is 5. The number of fused-ring (bicyclic) bond motifs is 4. The van der Waals surface area contributed by atoms with Gasteiger partial charge in [-0.25, -0.2) is 15.0 Å². The zero-order valence-corrected chi connectivity index (χ0v) is 20.1. The summed E-state index contributed by atoms with van der Waals surface area (Å²) in [5, 5.41) is 4.85. The van der Waals surface area contributed by atoms with Gasteiger partial charge in [-0.15, -0.1) is 0 Å². The summed E-state index contributed by atoms with van der Waals surface area (Å²) in [6.07, 6.45) is 2.95. The number of rotatable bonds is 4. The highest BCUT2D eigenvalue weighted by Gasteiger charge is 2.56. The molecule has 0 radical (unpaired) electrons. The number of carbonyl (C=O) groups is 2. The van der Waals surface area contributed by atoms with Crippen LogP contribution in [-0.2, 0) is 16.1 Å². The molecule has 1 aliphatic heterocycles. The predicted octanol–water partition coefficient (Wildman–Crippen LogP) is 3.61. The number of amides is 2. The minimum atomic E-state index is -0.542. The number of anilines is 2. The van der Waals surface area contributed by atoms with Crippen LogP contribution in [0.4, 0.5) is 11.6 Å². The van der Waals surface area contributed by atoms with Gasteiger partial charge in [-0.3, -0.25) is 9.59 Å². The summed E-state index contributed by atoms with van der Waals surface area (Å²) in [6, 6.07) is 10.3. The van der Waals surface area contributed by atoms with Gasteiger partial charge >= 0.3 is 0 Å². The van der Waals surface area contributed by atoms with Crippen molar-refractivity contribution in [2.45, 2.75) is 31.5 Å². The van der Waals surface area contributed by atoms with Crippen LogP contribution >= 0.6 is 27.5 Å². The number of nitrogen functional groups attached to an aromatic ring is 1. The Labute approximate surface area is 207 Å². The van der Waals surface area contributed by atoms with E-state index in [0.717, 1.165) is 17.3 Å². The van der Waals surface area contributed by atoms with Gasteiger partial charge in [0.05, 0.1) is 10.9 Å². The fourth-order valence-corrected chi connectivity index (χ4v) is 5.54. The summed E-state index contributed by atoms with van der Waals surface area (Å²) >= 11 is 9.54. The predicted molar refractivity (Wildman–Crippen MR) is 132 cm³/mol. The SMILES string of the molecule is Nc1ncnc2c1c1cc(Cl)ccc1n2CC(=O)N1[C@@H]2C[C@@H]2C[C@H]1C(=O)Nc1cccc(Br)n1. The van der Waals surface area contributed by atoms with E-state index in [2.05, 4.69) is 36.2 Å². The summed E-state index contributed by atoms with van der Waals surface area (Å²) in [4.78, 5) is 41.2. The van der Waals surface area contributed by atoms with Crippen molar-refractivity contribution in [3.63, 3.8) is 0 Å². The molecule has 34 heavy (non-hydrogen) atoms. The monoisotopic (exact) mass is 539 g/mol. The lowest BCUT2D eigenvalue weighted by atomic mass is 10.1. The largest absolute Gasteiger partial charge is 0.383 e. The molecule has 3 aromatic heterocycles. The van der Waals surface area contributed by atoms with Crippen LogP contribution in [0.25, 0.3) is 21.9 Å².